The second-order valence-corrected chi connectivity index (χ2v) is 6.54. The minimum absolute atomic E-state index is 0.0189. The molecular weight excluding hydrogens is 346 g/mol. The predicted molar refractivity (Wildman–Crippen MR) is 91.5 cm³/mol. The Kier molecular flexibility index (Phi) is 5.11. The third-order valence-electron chi connectivity index (χ3n) is 3.27. The van der Waals surface area contributed by atoms with E-state index in [1.807, 2.05) is 6.07 Å². The molecule has 0 saturated heterocycles. The lowest BCUT2D eigenvalue weighted by molar-refractivity contribution is -0.384. The summed E-state index contributed by atoms with van der Waals surface area (Å²) in [6.07, 6.45) is 0. The van der Waals surface area contributed by atoms with Crippen molar-refractivity contribution in [2.24, 2.45) is 10.2 Å². The maximum atomic E-state index is 11.3. The standard InChI is InChI=1S/C15H13N5O4S/c1-10(12-4-2-11(9-16)3-5-12)18-19-14-7-6-13(25(17,23)24)8-15(14)20(21)22/h2-8,19H,1H3,(H2,17,23,24). The molecule has 2 aromatic rings. The average molecular weight is 359 g/mol. The molecule has 0 unspecified atom stereocenters. The van der Waals surface area contributed by atoms with Crippen LogP contribution in [-0.4, -0.2) is 19.1 Å². The van der Waals surface area contributed by atoms with Crippen LogP contribution in [0.5, 0.6) is 0 Å². The van der Waals surface area contributed by atoms with Crippen LogP contribution in [-0.2, 0) is 10.0 Å². The van der Waals surface area contributed by atoms with Gasteiger partial charge in [-0.25, -0.2) is 13.6 Å². The van der Waals surface area contributed by atoms with Crippen molar-refractivity contribution in [1.82, 2.24) is 0 Å². The molecule has 0 amide bonds. The second-order valence-electron chi connectivity index (χ2n) is 4.98. The molecule has 0 aliphatic rings. The van der Waals surface area contributed by atoms with E-state index in [-0.39, 0.29) is 10.6 Å². The number of nitro groups is 1. The van der Waals surface area contributed by atoms with Crippen molar-refractivity contribution in [3.05, 3.63) is 63.7 Å². The van der Waals surface area contributed by atoms with Crippen LogP contribution in [0.15, 0.2) is 52.5 Å². The number of hydrogen-bond donors (Lipinski definition) is 2. The number of sulfonamides is 1. The van der Waals surface area contributed by atoms with E-state index in [2.05, 4.69) is 10.5 Å². The minimum Gasteiger partial charge on any atom is -0.271 e. The zero-order valence-electron chi connectivity index (χ0n) is 13.0. The molecule has 0 aromatic heterocycles. The van der Waals surface area contributed by atoms with Crippen molar-refractivity contribution in [1.29, 1.82) is 5.26 Å². The zero-order chi connectivity index (χ0) is 18.6. The van der Waals surface area contributed by atoms with Gasteiger partial charge in [-0.1, -0.05) is 12.1 Å². The molecule has 0 saturated carbocycles. The summed E-state index contributed by atoms with van der Waals surface area (Å²) in [6.45, 7) is 1.68. The van der Waals surface area contributed by atoms with Crippen LogP contribution in [0.25, 0.3) is 0 Å². The number of hydrogen-bond acceptors (Lipinski definition) is 7. The molecular formula is C15H13N5O4S. The third-order valence-corrected chi connectivity index (χ3v) is 4.18. The lowest BCUT2D eigenvalue weighted by Gasteiger charge is -2.06. The summed E-state index contributed by atoms with van der Waals surface area (Å²) in [6, 6.07) is 11.9. The largest absolute Gasteiger partial charge is 0.295 e. The van der Waals surface area contributed by atoms with E-state index in [0.29, 0.717) is 11.3 Å². The van der Waals surface area contributed by atoms with Crippen molar-refractivity contribution in [2.75, 3.05) is 5.43 Å². The minimum atomic E-state index is -4.05. The van der Waals surface area contributed by atoms with E-state index < -0.39 is 20.6 Å². The molecule has 25 heavy (non-hydrogen) atoms. The molecule has 0 spiro atoms. The van der Waals surface area contributed by atoms with E-state index in [9.17, 15) is 18.5 Å². The number of benzene rings is 2. The number of nitrogens with one attached hydrogen (secondary N) is 1. The van der Waals surface area contributed by atoms with E-state index in [1.165, 1.54) is 6.07 Å². The van der Waals surface area contributed by atoms with Gasteiger partial charge in [0.15, 0.2) is 0 Å². The smallest absolute Gasteiger partial charge is 0.271 e. The molecule has 0 radical (unpaired) electrons. The van der Waals surface area contributed by atoms with Gasteiger partial charge in [0, 0.05) is 6.07 Å². The van der Waals surface area contributed by atoms with Crippen LogP contribution in [0.1, 0.15) is 18.1 Å². The number of hydrazone groups is 1. The number of nitriles is 1. The van der Waals surface area contributed by atoms with Gasteiger partial charge in [-0.3, -0.25) is 15.5 Å². The van der Waals surface area contributed by atoms with E-state index in [4.69, 9.17) is 10.4 Å². The summed E-state index contributed by atoms with van der Waals surface area (Å²) in [5, 5.41) is 28.9. The summed E-state index contributed by atoms with van der Waals surface area (Å²) in [5.41, 5.74) is 3.83. The Bertz CT molecular complexity index is 992. The summed E-state index contributed by atoms with van der Waals surface area (Å²) in [7, 11) is -4.05. The molecule has 0 fully saturated rings. The monoisotopic (exact) mass is 359 g/mol. The van der Waals surface area contributed by atoms with E-state index in [0.717, 1.165) is 17.7 Å². The fourth-order valence-electron chi connectivity index (χ4n) is 1.93. The van der Waals surface area contributed by atoms with Crippen molar-refractivity contribution >= 4 is 27.1 Å². The summed E-state index contributed by atoms with van der Waals surface area (Å²) >= 11 is 0. The lowest BCUT2D eigenvalue weighted by atomic mass is 10.1. The summed E-state index contributed by atoms with van der Waals surface area (Å²) in [5.74, 6) is 0. The molecule has 2 aromatic carbocycles. The number of nitrogens with zero attached hydrogens (tertiary/aromatic N) is 3. The van der Waals surface area contributed by atoms with Crippen LogP contribution < -0.4 is 10.6 Å². The Morgan fingerprint density at radius 2 is 1.92 bits per heavy atom. The lowest BCUT2D eigenvalue weighted by Crippen LogP contribution is -2.12. The first-order chi connectivity index (χ1) is 11.7. The Hall–Kier alpha value is -3.29. The number of nitrogens with two attached hydrogens (primary N) is 1. The van der Waals surface area contributed by atoms with Gasteiger partial charge < -0.3 is 0 Å². The summed E-state index contributed by atoms with van der Waals surface area (Å²) < 4.78 is 22.6. The van der Waals surface area contributed by atoms with Gasteiger partial charge >= 0.3 is 0 Å². The molecule has 0 atom stereocenters. The molecule has 0 heterocycles. The number of rotatable bonds is 5. The number of nitro benzene ring substituents is 1. The van der Waals surface area contributed by atoms with Crippen LogP contribution in [0, 0.1) is 21.4 Å². The molecule has 0 bridgehead atoms. The topological polar surface area (TPSA) is 151 Å². The highest BCUT2D eigenvalue weighted by Crippen LogP contribution is 2.27. The molecule has 0 aliphatic carbocycles. The Labute approximate surface area is 143 Å². The highest BCUT2D eigenvalue weighted by molar-refractivity contribution is 7.89. The Balaban J connectivity index is 2.32. The van der Waals surface area contributed by atoms with Crippen molar-refractivity contribution < 1.29 is 13.3 Å². The van der Waals surface area contributed by atoms with Crippen LogP contribution in [0.3, 0.4) is 0 Å². The van der Waals surface area contributed by atoms with Gasteiger partial charge in [0.25, 0.3) is 5.69 Å². The van der Waals surface area contributed by atoms with Crippen molar-refractivity contribution in [3.8, 4) is 6.07 Å². The normalized spacial score (nSPS) is 11.6. The quantitative estimate of drug-likeness (QED) is 0.473. The molecule has 0 aliphatic heterocycles. The van der Waals surface area contributed by atoms with Gasteiger partial charge in [0.05, 0.1) is 27.2 Å². The van der Waals surface area contributed by atoms with Crippen LogP contribution >= 0.6 is 0 Å². The fourth-order valence-corrected chi connectivity index (χ4v) is 2.46. The van der Waals surface area contributed by atoms with Crippen LogP contribution in [0.2, 0.25) is 0 Å². The SMILES string of the molecule is CC(=NNc1ccc(S(N)(=O)=O)cc1[N+](=O)[O-])c1ccc(C#N)cc1. The number of anilines is 1. The van der Waals surface area contributed by atoms with E-state index >= 15 is 0 Å². The summed E-state index contributed by atoms with van der Waals surface area (Å²) in [4.78, 5) is 10.0. The van der Waals surface area contributed by atoms with Gasteiger partial charge in [0.1, 0.15) is 5.69 Å². The maximum absolute atomic E-state index is 11.3. The average Bonchev–Trinajstić information content (AvgIpc) is 2.58. The van der Waals surface area contributed by atoms with Gasteiger partial charge in [0.2, 0.25) is 10.0 Å². The highest BCUT2D eigenvalue weighted by atomic mass is 32.2. The number of primary sulfonamides is 1. The highest BCUT2D eigenvalue weighted by Gasteiger charge is 2.19. The Morgan fingerprint density at radius 3 is 2.44 bits per heavy atom. The first kappa shape index (κ1) is 18.1. The van der Waals surface area contributed by atoms with Gasteiger partial charge in [-0.15, -0.1) is 0 Å². The first-order valence-electron chi connectivity index (χ1n) is 6.84. The molecule has 3 N–H and O–H groups in total. The van der Waals surface area contributed by atoms with E-state index in [1.54, 1.807) is 31.2 Å². The zero-order valence-corrected chi connectivity index (χ0v) is 13.8. The molecule has 128 valence electrons. The van der Waals surface area contributed by atoms with Gasteiger partial charge in [-0.2, -0.15) is 10.4 Å². The predicted octanol–water partition coefficient (Wildman–Crippen LogP) is 1.95. The second kappa shape index (κ2) is 7.08. The van der Waals surface area contributed by atoms with Crippen LogP contribution in [0.4, 0.5) is 11.4 Å². The molecule has 2 rings (SSSR count). The van der Waals surface area contributed by atoms with Gasteiger partial charge in [-0.05, 0) is 36.8 Å². The maximum Gasteiger partial charge on any atom is 0.295 e. The van der Waals surface area contributed by atoms with Crippen molar-refractivity contribution in [3.63, 3.8) is 0 Å². The Morgan fingerprint density at radius 1 is 1.28 bits per heavy atom. The fraction of sp³-hybridized carbons (Fsp3) is 0.0667. The third kappa shape index (κ3) is 4.37. The first-order valence-corrected chi connectivity index (χ1v) is 8.39. The molecule has 9 nitrogen and oxygen atoms in total. The molecule has 10 heteroatoms. The van der Waals surface area contributed by atoms with Crippen molar-refractivity contribution in [2.45, 2.75) is 11.8 Å².